The molecule has 4 rings (SSSR count). The van der Waals surface area contributed by atoms with E-state index in [1.54, 1.807) is 12.1 Å². The summed E-state index contributed by atoms with van der Waals surface area (Å²) in [7, 11) is 0. The molecule has 0 radical (unpaired) electrons. The third-order valence-electron chi connectivity index (χ3n) is 4.82. The highest BCUT2D eigenvalue weighted by molar-refractivity contribution is 8.04. The summed E-state index contributed by atoms with van der Waals surface area (Å²) in [5.41, 5.74) is 1.75. The molecule has 28 heavy (non-hydrogen) atoms. The second kappa shape index (κ2) is 8.89. The number of rotatable bonds is 4. The van der Waals surface area contributed by atoms with Gasteiger partial charge in [-0.15, -0.1) is 0 Å². The Morgan fingerprint density at radius 2 is 1.86 bits per heavy atom. The van der Waals surface area contributed by atoms with Crippen LogP contribution in [0.2, 0.25) is 10.0 Å². The monoisotopic (exact) mass is 434 g/mol. The zero-order valence-electron chi connectivity index (χ0n) is 15.2. The average Bonchev–Trinajstić information content (AvgIpc) is 2.71. The lowest BCUT2D eigenvalue weighted by Crippen LogP contribution is -2.44. The van der Waals surface area contributed by atoms with Gasteiger partial charge in [0.1, 0.15) is 0 Å². The molecule has 1 amide bonds. The molecule has 2 aromatic carbocycles. The third kappa shape index (κ3) is 4.39. The number of para-hydroxylation sites is 1. The van der Waals surface area contributed by atoms with E-state index in [4.69, 9.17) is 27.9 Å². The van der Waals surface area contributed by atoms with Crippen LogP contribution in [-0.2, 0) is 9.53 Å². The number of anilines is 1. The molecule has 0 aromatic heterocycles. The first kappa shape index (κ1) is 19.8. The summed E-state index contributed by atoms with van der Waals surface area (Å²) in [5, 5.41) is 1.11. The summed E-state index contributed by atoms with van der Waals surface area (Å²) in [6, 6.07) is 13.3. The number of morpholine rings is 1. The number of ether oxygens (including phenoxy) is 1. The lowest BCUT2D eigenvalue weighted by atomic mass is 10.2. The van der Waals surface area contributed by atoms with Crippen LogP contribution in [0, 0.1) is 0 Å². The van der Waals surface area contributed by atoms with Gasteiger partial charge in [0, 0.05) is 41.1 Å². The predicted molar refractivity (Wildman–Crippen MR) is 116 cm³/mol. The van der Waals surface area contributed by atoms with Crippen LogP contribution in [0.1, 0.15) is 5.56 Å². The summed E-state index contributed by atoms with van der Waals surface area (Å²) >= 11 is 13.8. The SMILES string of the molecule is O=C1/C(=C/c2ccc(Cl)cc2Cl)Sc2ccccc2N1CCN1CCOCC1. The molecule has 2 aromatic rings. The van der Waals surface area contributed by atoms with Gasteiger partial charge in [0.2, 0.25) is 0 Å². The largest absolute Gasteiger partial charge is 0.379 e. The molecular formula is C21H20Cl2N2O2S. The third-order valence-corrected chi connectivity index (χ3v) is 6.46. The predicted octanol–water partition coefficient (Wildman–Crippen LogP) is 4.81. The van der Waals surface area contributed by atoms with Crippen LogP contribution < -0.4 is 4.90 Å². The number of carbonyl (C=O) groups is 1. The van der Waals surface area contributed by atoms with Gasteiger partial charge in [-0.1, -0.05) is 53.2 Å². The van der Waals surface area contributed by atoms with Gasteiger partial charge in [-0.2, -0.15) is 0 Å². The maximum absolute atomic E-state index is 13.3. The van der Waals surface area contributed by atoms with Crippen molar-refractivity contribution in [2.45, 2.75) is 4.90 Å². The first-order valence-electron chi connectivity index (χ1n) is 9.17. The minimum atomic E-state index is 0.00276. The molecule has 0 unspecified atom stereocenters. The van der Waals surface area contributed by atoms with E-state index < -0.39 is 0 Å². The average molecular weight is 435 g/mol. The lowest BCUT2D eigenvalue weighted by Gasteiger charge is -2.33. The van der Waals surface area contributed by atoms with Gasteiger partial charge >= 0.3 is 0 Å². The molecule has 1 saturated heterocycles. The Kier molecular flexibility index (Phi) is 6.28. The van der Waals surface area contributed by atoms with E-state index >= 15 is 0 Å². The Hall–Kier alpha value is -1.50. The standard InChI is InChI=1S/C21H20Cl2N2O2S/c22-16-6-5-15(17(23)14-16)13-20-21(26)25(8-7-24-9-11-27-12-10-24)18-3-1-2-4-19(18)28-20/h1-6,13-14H,7-12H2/b20-13-. The molecule has 1 fully saturated rings. The molecule has 0 atom stereocenters. The molecular weight excluding hydrogens is 415 g/mol. The maximum Gasteiger partial charge on any atom is 0.265 e. The fourth-order valence-electron chi connectivity index (χ4n) is 3.31. The Balaban J connectivity index is 1.61. The van der Waals surface area contributed by atoms with Crippen LogP contribution in [0.4, 0.5) is 5.69 Å². The number of benzene rings is 2. The number of fused-ring (bicyclic) bond motifs is 1. The Morgan fingerprint density at radius 1 is 1.07 bits per heavy atom. The topological polar surface area (TPSA) is 32.8 Å². The van der Waals surface area contributed by atoms with Crippen LogP contribution >= 0.6 is 35.0 Å². The zero-order valence-corrected chi connectivity index (χ0v) is 17.6. The molecule has 0 bridgehead atoms. The molecule has 2 aliphatic rings. The van der Waals surface area contributed by atoms with Crippen LogP contribution in [0.5, 0.6) is 0 Å². The molecule has 4 nitrogen and oxygen atoms in total. The minimum absolute atomic E-state index is 0.00276. The molecule has 2 aliphatic heterocycles. The van der Waals surface area contributed by atoms with Gasteiger partial charge in [-0.25, -0.2) is 0 Å². The molecule has 7 heteroatoms. The molecule has 0 N–H and O–H groups in total. The van der Waals surface area contributed by atoms with E-state index in [0.717, 1.165) is 49.0 Å². The number of hydrogen-bond acceptors (Lipinski definition) is 4. The van der Waals surface area contributed by atoms with Crippen molar-refractivity contribution in [2.24, 2.45) is 0 Å². The van der Waals surface area contributed by atoms with Crippen molar-refractivity contribution >= 4 is 52.6 Å². The Labute approximate surface area is 179 Å². The zero-order chi connectivity index (χ0) is 19.5. The van der Waals surface area contributed by atoms with Crippen molar-refractivity contribution in [3.05, 3.63) is 63.0 Å². The number of hydrogen-bond donors (Lipinski definition) is 0. The number of nitrogens with zero attached hydrogens (tertiary/aromatic N) is 2. The van der Waals surface area contributed by atoms with Gasteiger partial charge in [0.15, 0.2) is 0 Å². The highest BCUT2D eigenvalue weighted by Crippen LogP contribution is 2.42. The maximum atomic E-state index is 13.3. The van der Waals surface area contributed by atoms with Crippen molar-refractivity contribution in [3.8, 4) is 0 Å². The van der Waals surface area contributed by atoms with E-state index in [1.165, 1.54) is 11.8 Å². The quantitative estimate of drug-likeness (QED) is 0.646. The highest BCUT2D eigenvalue weighted by atomic mass is 35.5. The minimum Gasteiger partial charge on any atom is -0.379 e. The molecule has 146 valence electrons. The van der Waals surface area contributed by atoms with Crippen molar-refractivity contribution in [2.75, 3.05) is 44.3 Å². The van der Waals surface area contributed by atoms with Crippen molar-refractivity contribution in [3.63, 3.8) is 0 Å². The second-order valence-electron chi connectivity index (χ2n) is 6.66. The number of carbonyl (C=O) groups excluding carboxylic acids is 1. The van der Waals surface area contributed by atoms with Crippen LogP contribution in [-0.4, -0.2) is 50.2 Å². The summed E-state index contributed by atoms with van der Waals surface area (Å²) in [6.45, 7) is 4.77. The Morgan fingerprint density at radius 3 is 2.64 bits per heavy atom. The Bertz CT molecular complexity index is 913. The summed E-state index contributed by atoms with van der Waals surface area (Å²) < 4.78 is 5.42. The smallest absolute Gasteiger partial charge is 0.265 e. The summed E-state index contributed by atoms with van der Waals surface area (Å²) in [4.78, 5) is 19.2. The van der Waals surface area contributed by atoms with Crippen molar-refractivity contribution in [1.82, 2.24) is 4.90 Å². The number of thioether (sulfide) groups is 1. The first-order chi connectivity index (χ1) is 13.6. The van der Waals surface area contributed by atoms with E-state index in [0.29, 0.717) is 21.5 Å². The summed E-state index contributed by atoms with van der Waals surface area (Å²) in [5.74, 6) is 0.00276. The first-order valence-corrected chi connectivity index (χ1v) is 10.7. The molecule has 2 heterocycles. The highest BCUT2D eigenvalue weighted by Gasteiger charge is 2.29. The molecule has 0 aliphatic carbocycles. The fourth-order valence-corrected chi connectivity index (χ4v) is 4.82. The normalized spacial score (nSPS) is 19.1. The van der Waals surface area contributed by atoms with Crippen LogP contribution in [0.15, 0.2) is 52.3 Å². The van der Waals surface area contributed by atoms with Crippen molar-refractivity contribution in [1.29, 1.82) is 0 Å². The van der Waals surface area contributed by atoms with Crippen molar-refractivity contribution < 1.29 is 9.53 Å². The molecule has 0 spiro atoms. The van der Waals surface area contributed by atoms with Gasteiger partial charge in [-0.3, -0.25) is 9.69 Å². The lowest BCUT2D eigenvalue weighted by molar-refractivity contribution is -0.114. The van der Waals surface area contributed by atoms with Crippen LogP contribution in [0.3, 0.4) is 0 Å². The van der Waals surface area contributed by atoms with Crippen LogP contribution in [0.25, 0.3) is 6.08 Å². The van der Waals surface area contributed by atoms with E-state index in [2.05, 4.69) is 4.90 Å². The number of amides is 1. The van der Waals surface area contributed by atoms with Gasteiger partial charge in [0.05, 0.1) is 23.8 Å². The molecule has 0 saturated carbocycles. The van der Waals surface area contributed by atoms with Gasteiger partial charge < -0.3 is 9.64 Å². The van der Waals surface area contributed by atoms with Gasteiger partial charge in [0.25, 0.3) is 5.91 Å². The fraction of sp³-hybridized carbons (Fsp3) is 0.286. The van der Waals surface area contributed by atoms with E-state index in [9.17, 15) is 4.79 Å². The van der Waals surface area contributed by atoms with Gasteiger partial charge in [-0.05, 0) is 35.9 Å². The second-order valence-corrected chi connectivity index (χ2v) is 8.58. The van der Waals surface area contributed by atoms with E-state index in [1.807, 2.05) is 41.3 Å². The summed E-state index contributed by atoms with van der Waals surface area (Å²) in [6.07, 6.45) is 1.85. The van der Waals surface area contributed by atoms with E-state index in [-0.39, 0.29) is 5.91 Å². The number of halogens is 2.